The normalized spacial score (nSPS) is 12.0. The first kappa shape index (κ1) is 14.8. The van der Waals surface area contributed by atoms with Crippen LogP contribution < -0.4 is 5.32 Å². The minimum absolute atomic E-state index is 0.0602. The van der Waals surface area contributed by atoms with E-state index in [0.29, 0.717) is 13.1 Å². The topological polar surface area (TPSA) is 21.3 Å². The van der Waals surface area contributed by atoms with Crippen molar-refractivity contribution in [2.24, 2.45) is 0 Å². The van der Waals surface area contributed by atoms with Gasteiger partial charge >= 0.3 is 6.18 Å². The Kier molecular flexibility index (Phi) is 6.26. The van der Waals surface area contributed by atoms with E-state index in [9.17, 15) is 13.2 Å². The average Bonchev–Trinajstić information content (AvgIpc) is 2.61. The minimum Gasteiger partial charge on any atom is -0.371 e. The fourth-order valence-corrected chi connectivity index (χ4v) is 2.24. The van der Waals surface area contributed by atoms with Crippen LogP contribution in [0.5, 0.6) is 0 Å². The molecule has 0 radical (unpaired) electrons. The number of halogens is 4. The lowest BCUT2D eigenvalue weighted by atomic mass is 10.3. The van der Waals surface area contributed by atoms with Crippen LogP contribution in [0.15, 0.2) is 12.1 Å². The maximum absolute atomic E-state index is 11.7. The lowest BCUT2D eigenvalue weighted by molar-refractivity contribution is -0.173. The van der Waals surface area contributed by atoms with E-state index in [-0.39, 0.29) is 6.61 Å². The minimum atomic E-state index is -4.24. The second-order valence-electron chi connectivity index (χ2n) is 3.37. The molecule has 0 fully saturated rings. The Hall–Kier alpha value is -0.300. The number of alkyl halides is 3. The summed E-state index contributed by atoms with van der Waals surface area (Å²) in [6, 6.07) is 3.77. The molecule has 0 aliphatic carbocycles. The maximum atomic E-state index is 11.7. The van der Waals surface area contributed by atoms with Crippen molar-refractivity contribution in [3.8, 4) is 0 Å². The zero-order chi connectivity index (χ0) is 12.7. The summed E-state index contributed by atoms with van der Waals surface area (Å²) >= 11 is 7.26. The largest absolute Gasteiger partial charge is 0.411 e. The fourth-order valence-electron chi connectivity index (χ4n) is 1.15. The molecule has 1 heterocycles. The van der Waals surface area contributed by atoms with Gasteiger partial charge in [-0.15, -0.1) is 11.3 Å². The number of ether oxygens (including phenoxy) is 1. The van der Waals surface area contributed by atoms with Gasteiger partial charge in [-0.05, 0) is 18.6 Å². The van der Waals surface area contributed by atoms with E-state index in [0.717, 1.165) is 15.6 Å². The Morgan fingerprint density at radius 1 is 1.29 bits per heavy atom. The van der Waals surface area contributed by atoms with Crippen LogP contribution in [0.4, 0.5) is 13.2 Å². The molecule has 0 aliphatic heterocycles. The molecular weight excluding hydrogens is 275 g/mol. The molecule has 0 atom stereocenters. The third kappa shape index (κ3) is 7.59. The van der Waals surface area contributed by atoms with Gasteiger partial charge < -0.3 is 10.1 Å². The van der Waals surface area contributed by atoms with Gasteiger partial charge in [-0.1, -0.05) is 11.6 Å². The van der Waals surface area contributed by atoms with Crippen LogP contribution in [0.3, 0.4) is 0 Å². The van der Waals surface area contributed by atoms with Crippen molar-refractivity contribution in [1.29, 1.82) is 0 Å². The summed E-state index contributed by atoms with van der Waals surface area (Å²) in [6.45, 7) is -0.0126. The van der Waals surface area contributed by atoms with Crippen LogP contribution >= 0.6 is 22.9 Å². The monoisotopic (exact) mass is 287 g/mol. The third-order valence-corrected chi connectivity index (χ3v) is 3.16. The first-order chi connectivity index (χ1) is 7.97. The van der Waals surface area contributed by atoms with Crippen LogP contribution in [0.25, 0.3) is 0 Å². The molecule has 0 spiro atoms. The van der Waals surface area contributed by atoms with E-state index in [2.05, 4.69) is 10.1 Å². The zero-order valence-corrected chi connectivity index (χ0v) is 10.6. The molecule has 2 nitrogen and oxygen atoms in total. The van der Waals surface area contributed by atoms with Gasteiger partial charge in [-0.3, -0.25) is 0 Å². The molecule has 1 rings (SSSR count). The van der Waals surface area contributed by atoms with Crippen LogP contribution in [0.1, 0.15) is 4.88 Å². The Morgan fingerprint density at radius 2 is 2.06 bits per heavy atom. The molecule has 0 bridgehead atoms. The average molecular weight is 288 g/mol. The molecule has 0 aliphatic rings. The standard InChI is InChI=1S/C10H13ClF3NOS/c11-9-2-1-8(17-9)3-4-15-5-6-16-7-10(12,13)14/h1-2,15H,3-7H2. The number of rotatable bonds is 7. The van der Waals surface area contributed by atoms with Crippen LogP contribution in [0, 0.1) is 0 Å². The van der Waals surface area contributed by atoms with Crippen molar-refractivity contribution >= 4 is 22.9 Å². The zero-order valence-electron chi connectivity index (χ0n) is 9.02. The number of nitrogens with one attached hydrogen (secondary N) is 1. The van der Waals surface area contributed by atoms with Crippen molar-refractivity contribution in [3.63, 3.8) is 0 Å². The van der Waals surface area contributed by atoms with Gasteiger partial charge in [0.1, 0.15) is 6.61 Å². The lowest BCUT2D eigenvalue weighted by Crippen LogP contribution is -2.25. The van der Waals surface area contributed by atoms with Crippen LogP contribution in [0.2, 0.25) is 4.34 Å². The Morgan fingerprint density at radius 3 is 2.65 bits per heavy atom. The predicted molar refractivity (Wildman–Crippen MR) is 62.8 cm³/mol. The number of thiophene rings is 1. The van der Waals surface area contributed by atoms with Gasteiger partial charge in [-0.2, -0.15) is 13.2 Å². The second-order valence-corrected chi connectivity index (χ2v) is 5.17. The molecule has 7 heteroatoms. The first-order valence-corrected chi connectivity index (χ1v) is 6.26. The summed E-state index contributed by atoms with van der Waals surface area (Å²) in [4.78, 5) is 1.15. The number of hydrogen-bond donors (Lipinski definition) is 1. The van der Waals surface area contributed by atoms with Gasteiger partial charge in [0.05, 0.1) is 10.9 Å². The van der Waals surface area contributed by atoms with E-state index in [1.54, 1.807) is 0 Å². The summed E-state index contributed by atoms with van der Waals surface area (Å²) in [5, 5.41) is 3.00. The molecule has 1 aromatic rings. The van der Waals surface area contributed by atoms with Gasteiger partial charge in [-0.25, -0.2) is 0 Å². The predicted octanol–water partition coefficient (Wildman–Crippen LogP) is 3.11. The highest BCUT2D eigenvalue weighted by Crippen LogP contribution is 2.21. The molecule has 0 amide bonds. The van der Waals surface area contributed by atoms with Gasteiger partial charge in [0, 0.05) is 18.0 Å². The Labute approximate surface area is 107 Å². The maximum Gasteiger partial charge on any atom is 0.411 e. The Balaban J connectivity index is 1.95. The van der Waals surface area contributed by atoms with Crippen molar-refractivity contribution < 1.29 is 17.9 Å². The van der Waals surface area contributed by atoms with E-state index in [1.165, 1.54) is 11.3 Å². The summed E-state index contributed by atoms with van der Waals surface area (Å²) in [5.74, 6) is 0. The van der Waals surface area contributed by atoms with Gasteiger partial charge in [0.15, 0.2) is 0 Å². The van der Waals surface area contributed by atoms with E-state index >= 15 is 0 Å². The van der Waals surface area contributed by atoms with Crippen molar-refractivity contribution in [3.05, 3.63) is 21.3 Å². The summed E-state index contributed by atoms with van der Waals surface area (Å²) in [5.41, 5.74) is 0. The highest BCUT2D eigenvalue weighted by molar-refractivity contribution is 7.16. The molecule has 17 heavy (non-hydrogen) atoms. The number of hydrogen-bond acceptors (Lipinski definition) is 3. The first-order valence-electron chi connectivity index (χ1n) is 5.07. The molecule has 0 aromatic carbocycles. The molecular formula is C10H13ClF3NOS. The second kappa shape index (κ2) is 7.20. The van der Waals surface area contributed by atoms with Crippen LogP contribution in [-0.4, -0.2) is 32.5 Å². The van der Waals surface area contributed by atoms with Crippen LogP contribution in [-0.2, 0) is 11.2 Å². The summed E-state index contributed by atoms with van der Waals surface area (Å²) in [7, 11) is 0. The van der Waals surface area contributed by atoms with E-state index in [1.807, 2.05) is 12.1 Å². The van der Waals surface area contributed by atoms with Gasteiger partial charge in [0.2, 0.25) is 0 Å². The summed E-state index contributed by atoms with van der Waals surface area (Å²) in [6.07, 6.45) is -3.43. The molecule has 1 N–H and O–H groups in total. The van der Waals surface area contributed by atoms with E-state index in [4.69, 9.17) is 11.6 Å². The van der Waals surface area contributed by atoms with Crippen molar-refractivity contribution in [2.45, 2.75) is 12.6 Å². The lowest BCUT2D eigenvalue weighted by Gasteiger charge is -2.08. The molecule has 0 unspecified atom stereocenters. The van der Waals surface area contributed by atoms with Crippen molar-refractivity contribution in [1.82, 2.24) is 5.32 Å². The highest BCUT2D eigenvalue weighted by atomic mass is 35.5. The molecule has 1 aromatic heterocycles. The molecule has 0 saturated carbocycles. The third-order valence-electron chi connectivity index (χ3n) is 1.87. The van der Waals surface area contributed by atoms with Crippen molar-refractivity contribution in [2.75, 3.05) is 26.3 Å². The molecule has 98 valence electrons. The molecule has 0 saturated heterocycles. The Bertz CT molecular complexity index is 330. The van der Waals surface area contributed by atoms with Gasteiger partial charge in [0.25, 0.3) is 0 Å². The van der Waals surface area contributed by atoms with E-state index < -0.39 is 12.8 Å². The SMILES string of the molecule is FC(F)(F)COCCNCCc1ccc(Cl)s1. The fraction of sp³-hybridized carbons (Fsp3) is 0.600. The summed E-state index contributed by atoms with van der Waals surface area (Å²) < 4.78 is 40.3. The smallest absolute Gasteiger partial charge is 0.371 e. The highest BCUT2D eigenvalue weighted by Gasteiger charge is 2.27. The quantitative estimate of drug-likeness (QED) is 0.778.